The third-order valence-electron chi connectivity index (χ3n) is 2.56. The Morgan fingerprint density at radius 3 is 3.05 bits per heavy atom. The van der Waals surface area contributed by atoms with Gasteiger partial charge in [-0.2, -0.15) is 0 Å². The molecule has 20 heavy (non-hydrogen) atoms. The molecule has 1 amide bonds. The van der Waals surface area contributed by atoms with Crippen LogP contribution >= 0.6 is 22.9 Å². The highest BCUT2D eigenvalue weighted by Gasteiger charge is 2.17. The Bertz CT molecular complexity index is 665. The minimum Gasteiger partial charge on any atom is -0.452 e. The van der Waals surface area contributed by atoms with Crippen molar-refractivity contribution >= 4 is 28.8 Å². The van der Waals surface area contributed by atoms with E-state index >= 15 is 0 Å². The summed E-state index contributed by atoms with van der Waals surface area (Å²) in [6.07, 6.45) is 1.39. The fraction of sp³-hybridized carbons (Fsp3) is 0.214. The van der Waals surface area contributed by atoms with Gasteiger partial charge in [0.1, 0.15) is 6.61 Å². The number of halogens is 1. The second-order valence-corrected chi connectivity index (χ2v) is 5.30. The lowest BCUT2D eigenvalue weighted by Gasteiger charge is -2.15. The Labute approximate surface area is 125 Å². The molecule has 0 atom stereocenters. The number of aliphatic hydroxyl groups is 1. The zero-order valence-electron chi connectivity index (χ0n) is 10.7. The van der Waals surface area contributed by atoms with Crippen molar-refractivity contribution < 1.29 is 14.3 Å². The van der Waals surface area contributed by atoms with Crippen molar-refractivity contribution in [3.05, 3.63) is 45.0 Å². The highest BCUT2D eigenvalue weighted by atomic mass is 35.5. The van der Waals surface area contributed by atoms with Crippen molar-refractivity contribution in [2.75, 3.05) is 13.7 Å². The summed E-state index contributed by atoms with van der Waals surface area (Å²) >= 11 is 7.27. The molecule has 2 aromatic rings. The zero-order chi connectivity index (χ0) is 14.5. The average molecular weight is 310 g/mol. The number of aliphatic hydroxyl groups excluding tert-OH is 1. The zero-order valence-corrected chi connectivity index (χ0v) is 12.3. The summed E-state index contributed by atoms with van der Waals surface area (Å²) in [7, 11) is 1.70. The maximum absolute atomic E-state index is 12.1. The summed E-state index contributed by atoms with van der Waals surface area (Å²) in [6, 6.07) is 3.45. The first-order valence-corrected chi connectivity index (χ1v) is 7.03. The number of amides is 1. The molecule has 104 valence electrons. The lowest BCUT2D eigenvalue weighted by molar-refractivity contribution is 0.0784. The molecule has 0 aliphatic heterocycles. The van der Waals surface area contributed by atoms with Gasteiger partial charge in [0.15, 0.2) is 0 Å². The lowest BCUT2D eigenvalue weighted by atomic mass is 10.2. The van der Waals surface area contributed by atoms with Crippen LogP contribution in [0.1, 0.15) is 20.8 Å². The Morgan fingerprint density at radius 2 is 2.40 bits per heavy atom. The molecule has 0 saturated carbocycles. The van der Waals surface area contributed by atoms with Gasteiger partial charge >= 0.3 is 0 Å². The Morgan fingerprint density at radius 1 is 1.60 bits per heavy atom. The van der Waals surface area contributed by atoms with Gasteiger partial charge in [0.25, 0.3) is 5.91 Å². The van der Waals surface area contributed by atoms with Gasteiger partial charge in [0, 0.05) is 13.6 Å². The van der Waals surface area contributed by atoms with Crippen LogP contribution in [0, 0.1) is 11.8 Å². The molecule has 6 heteroatoms. The number of furan rings is 1. The van der Waals surface area contributed by atoms with Crippen LogP contribution in [0.2, 0.25) is 5.22 Å². The second-order valence-electron chi connectivity index (χ2n) is 4.05. The number of nitrogens with zero attached hydrogens (tertiary/aromatic N) is 1. The molecular formula is C14H12ClNO3S. The molecule has 4 nitrogen and oxygen atoms in total. The van der Waals surface area contributed by atoms with E-state index in [0.717, 1.165) is 10.4 Å². The van der Waals surface area contributed by atoms with Gasteiger partial charge < -0.3 is 14.4 Å². The number of thiophene rings is 1. The number of hydrogen-bond acceptors (Lipinski definition) is 4. The fourth-order valence-corrected chi connectivity index (χ4v) is 2.61. The van der Waals surface area contributed by atoms with Crippen LogP contribution in [0.3, 0.4) is 0 Å². The molecule has 2 aromatic heterocycles. The van der Waals surface area contributed by atoms with E-state index in [9.17, 15) is 4.79 Å². The number of carbonyl (C=O) groups excluding carboxylic acids is 1. The average Bonchev–Trinajstić information content (AvgIpc) is 3.04. The highest BCUT2D eigenvalue weighted by Crippen LogP contribution is 2.20. The standard InChI is InChI=1S/C14H12ClNO3S/c1-16(14(18)12-4-6-19-13(12)15)8-10-7-11(20-9-10)3-2-5-17/h4,6-7,9,17H,5,8H2,1H3. The van der Waals surface area contributed by atoms with Crippen molar-refractivity contribution in [2.24, 2.45) is 0 Å². The first-order valence-electron chi connectivity index (χ1n) is 5.77. The van der Waals surface area contributed by atoms with Gasteiger partial charge in [0.05, 0.1) is 16.7 Å². The van der Waals surface area contributed by atoms with E-state index < -0.39 is 0 Å². The van der Waals surface area contributed by atoms with Crippen molar-refractivity contribution in [2.45, 2.75) is 6.54 Å². The molecule has 2 rings (SSSR count). The van der Waals surface area contributed by atoms with E-state index in [1.807, 2.05) is 11.4 Å². The molecule has 2 heterocycles. The van der Waals surface area contributed by atoms with E-state index in [2.05, 4.69) is 11.8 Å². The maximum atomic E-state index is 12.1. The molecule has 0 radical (unpaired) electrons. The van der Waals surface area contributed by atoms with Crippen LogP contribution in [0.4, 0.5) is 0 Å². The van der Waals surface area contributed by atoms with Crippen molar-refractivity contribution in [1.82, 2.24) is 4.90 Å². The quantitative estimate of drug-likeness (QED) is 0.887. The summed E-state index contributed by atoms with van der Waals surface area (Å²) in [4.78, 5) is 14.5. The monoisotopic (exact) mass is 309 g/mol. The second kappa shape index (κ2) is 6.62. The fourth-order valence-electron chi connectivity index (χ4n) is 1.65. The largest absolute Gasteiger partial charge is 0.452 e. The van der Waals surface area contributed by atoms with Crippen LogP contribution in [0.25, 0.3) is 0 Å². The first-order chi connectivity index (χ1) is 9.61. The van der Waals surface area contributed by atoms with E-state index in [1.54, 1.807) is 18.0 Å². The molecule has 0 bridgehead atoms. The van der Waals surface area contributed by atoms with Crippen molar-refractivity contribution in [1.29, 1.82) is 0 Å². The normalized spacial score (nSPS) is 9.95. The van der Waals surface area contributed by atoms with E-state index in [-0.39, 0.29) is 17.7 Å². The minimum atomic E-state index is -0.196. The summed E-state index contributed by atoms with van der Waals surface area (Å²) < 4.78 is 4.91. The topological polar surface area (TPSA) is 53.7 Å². The Balaban J connectivity index is 2.04. The van der Waals surface area contributed by atoms with Crippen LogP contribution in [0.5, 0.6) is 0 Å². The molecule has 0 aliphatic rings. The Kier molecular flexibility index (Phi) is 4.85. The summed E-state index contributed by atoms with van der Waals surface area (Å²) in [5.41, 5.74) is 1.33. The van der Waals surface area contributed by atoms with Crippen LogP contribution in [-0.4, -0.2) is 29.6 Å². The number of hydrogen-bond donors (Lipinski definition) is 1. The molecular weight excluding hydrogens is 298 g/mol. The van der Waals surface area contributed by atoms with Crippen molar-refractivity contribution in [3.63, 3.8) is 0 Å². The third-order valence-corrected chi connectivity index (χ3v) is 3.75. The molecule has 0 aliphatic carbocycles. The van der Waals surface area contributed by atoms with Crippen LogP contribution in [0.15, 0.2) is 28.2 Å². The highest BCUT2D eigenvalue weighted by molar-refractivity contribution is 7.10. The van der Waals surface area contributed by atoms with Crippen LogP contribution < -0.4 is 0 Å². The van der Waals surface area contributed by atoms with E-state index in [0.29, 0.717) is 12.1 Å². The van der Waals surface area contributed by atoms with Crippen molar-refractivity contribution in [3.8, 4) is 11.8 Å². The molecule has 0 fully saturated rings. The predicted octanol–water partition coefficient (Wildman–Crippen LogP) is 2.61. The molecule has 0 spiro atoms. The lowest BCUT2D eigenvalue weighted by Crippen LogP contribution is -2.25. The number of rotatable bonds is 3. The molecule has 1 N–H and O–H groups in total. The summed E-state index contributed by atoms with van der Waals surface area (Å²) in [5, 5.41) is 10.7. The minimum absolute atomic E-state index is 0.0988. The van der Waals surface area contributed by atoms with Gasteiger partial charge in [-0.15, -0.1) is 11.3 Å². The molecule has 0 unspecified atom stereocenters. The third kappa shape index (κ3) is 3.42. The van der Waals surface area contributed by atoms with Gasteiger partial charge in [-0.3, -0.25) is 4.79 Å². The maximum Gasteiger partial charge on any atom is 0.258 e. The van der Waals surface area contributed by atoms with Gasteiger partial charge in [0.2, 0.25) is 5.22 Å². The van der Waals surface area contributed by atoms with E-state index in [1.165, 1.54) is 17.6 Å². The first kappa shape index (κ1) is 14.7. The predicted molar refractivity (Wildman–Crippen MR) is 77.8 cm³/mol. The molecule has 0 aromatic carbocycles. The summed E-state index contributed by atoms with van der Waals surface area (Å²) in [5.74, 6) is 5.23. The van der Waals surface area contributed by atoms with Gasteiger partial charge in [-0.05, 0) is 34.7 Å². The Hall–Kier alpha value is -1.74. The summed E-state index contributed by atoms with van der Waals surface area (Å²) in [6.45, 7) is 0.294. The SMILES string of the molecule is CN(Cc1csc(C#CCO)c1)C(=O)c1ccoc1Cl. The van der Waals surface area contributed by atoms with Gasteiger partial charge in [-0.25, -0.2) is 0 Å². The van der Waals surface area contributed by atoms with Crippen LogP contribution in [-0.2, 0) is 6.54 Å². The smallest absolute Gasteiger partial charge is 0.258 e. The number of carbonyl (C=O) groups is 1. The van der Waals surface area contributed by atoms with Gasteiger partial charge in [-0.1, -0.05) is 11.8 Å². The molecule has 0 saturated heterocycles. The van der Waals surface area contributed by atoms with E-state index in [4.69, 9.17) is 21.1 Å².